The van der Waals surface area contributed by atoms with Crippen molar-refractivity contribution in [3.8, 4) is 17.6 Å². The van der Waals surface area contributed by atoms with Crippen molar-refractivity contribution in [1.82, 2.24) is 0 Å². The van der Waals surface area contributed by atoms with Gasteiger partial charge in [0.05, 0.1) is 19.8 Å². The smallest absolute Gasteiger partial charge is 0.339 e. The predicted molar refractivity (Wildman–Crippen MR) is 66.1 cm³/mol. The third-order valence-electron chi connectivity index (χ3n) is 2.23. The highest BCUT2D eigenvalue weighted by Gasteiger charge is 2.11. The number of rotatable bonds is 3. The average molecular weight is 232 g/mol. The standard InChI is InChI=1S/C14H16O3/c1-4-5-6-7-11-10-12(16-2)8-9-13(11)14(15)17-3/h8-10H,4-5H2,1-3H3. The van der Waals surface area contributed by atoms with Crippen LogP contribution < -0.4 is 4.74 Å². The van der Waals surface area contributed by atoms with E-state index >= 15 is 0 Å². The molecule has 90 valence electrons. The summed E-state index contributed by atoms with van der Waals surface area (Å²) < 4.78 is 9.82. The van der Waals surface area contributed by atoms with Crippen molar-refractivity contribution in [3.05, 3.63) is 29.3 Å². The maximum Gasteiger partial charge on any atom is 0.339 e. The normalized spacial score (nSPS) is 9.12. The molecule has 0 aromatic heterocycles. The summed E-state index contributed by atoms with van der Waals surface area (Å²) >= 11 is 0. The first-order valence-electron chi connectivity index (χ1n) is 5.48. The van der Waals surface area contributed by atoms with Gasteiger partial charge in [-0.3, -0.25) is 0 Å². The topological polar surface area (TPSA) is 35.5 Å². The van der Waals surface area contributed by atoms with Crippen LogP contribution in [0, 0.1) is 11.8 Å². The lowest BCUT2D eigenvalue weighted by atomic mass is 10.1. The van der Waals surface area contributed by atoms with E-state index < -0.39 is 0 Å². The molecule has 0 radical (unpaired) electrons. The highest BCUT2D eigenvalue weighted by molar-refractivity contribution is 5.92. The Hall–Kier alpha value is -1.95. The van der Waals surface area contributed by atoms with Crippen LogP contribution in [-0.4, -0.2) is 20.2 Å². The maximum atomic E-state index is 11.5. The quantitative estimate of drug-likeness (QED) is 0.593. The molecule has 0 heterocycles. The number of hydrogen-bond donors (Lipinski definition) is 0. The summed E-state index contributed by atoms with van der Waals surface area (Å²) in [5.41, 5.74) is 1.11. The van der Waals surface area contributed by atoms with Gasteiger partial charge in [-0.05, 0) is 24.6 Å². The Balaban J connectivity index is 3.13. The van der Waals surface area contributed by atoms with Gasteiger partial charge in [-0.2, -0.15) is 0 Å². The summed E-state index contributed by atoms with van der Waals surface area (Å²) in [5.74, 6) is 6.28. The van der Waals surface area contributed by atoms with Crippen molar-refractivity contribution < 1.29 is 14.3 Å². The molecule has 0 saturated heterocycles. The number of carbonyl (C=O) groups excluding carboxylic acids is 1. The Labute approximate surface area is 102 Å². The second kappa shape index (κ2) is 6.59. The maximum absolute atomic E-state index is 11.5. The van der Waals surface area contributed by atoms with Crippen molar-refractivity contribution in [2.24, 2.45) is 0 Å². The third kappa shape index (κ3) is 3.53. The van der Waals surface area contributed by atoms with Crippen molar-refractivity contribution in [3.63, 3.8) is 0 Å². The minimum absolute atomic E-state index is 0.381. The molecule has 0 N–H and O–H groups in total. The molecule has 1 aromatic carbocycles. The molecule has 3 nitrogen and oxygen atoms in total. The van der Waals surface area contributed by atoms with Crippen LogP contribution in [0.25, 0.3) is 0 Å². The fourth-order valence-corrected chi connectivity index (χ4v) is 1.32. The van der Waals surface area contributed by atoms with Crippen LogP contribution in [0.5, 0.6) is 5.75 Å². The zero-order valence-corrected chi connectivity index (χ0v) is 10.4. The lowest BCUT2D eigenvalue weighted by Gasteiger charge is -2.05. The van der Waals surface area contributed by atoms with Crippen LogP contribution in [0.2, 0.25) is 0 Å². The van der Waals surface area contributed by atoms with E-state index in [1.54, 1.807) is 25.3 Å². The van der Waals surface area contributed by atoms with Crippen molar-refractivity contribution >= 4 is 5.97 Å². The number of benzene rings is 1. The molecule has 3 heteroatoms. The third-order valence-corrected chi connectivity index (χ3v) is 2.23. The number of esters is 1. The lowest BCUT2D eigenvalue weighted by Crippen LogP contribution is -2.04. The van der Waals surface area contributed by atoms with E-state index in [0.29, 0.717) is 16.9 Å². The summed E-state index contributed by atoms with van der Waals surface area (Å²) in [6.45, 7) is 2.06. The summed E-state index contributed by atoms with van der Waals surface area (Å²) in [6.07, 6.45) is 1.79. The molecule has 17 heavy (non-hydrogen) atoms. The molecule has 0 unspecified atom stereocenters. The van der Waals surface area contributed by atoms with Gasteiger partial charge in [-0.25, -0.2) is 4.79 Å². The molecule has 0 atom stereocenters. The molecule has 0 aliphatic heterocycles. The van der Waals surface area contributed by atoms with Gasteiger partial charge in [0.15, 0.2) is 0 Å². The Kier molecular flexibility index (Phi) is 5.09. The summed E-state index contributed by atoms with van der Waals surface area (Å²) in [5, 5.41) is 0. The molecule has 0 bridgehead atoms. The summed E-state index contributed by atoms with van der Waals surface area (Å²) in [4.78, 5) is 11.5. The van der Waals surface area contributed by atoms with E-state index in [0.717, 1.165) is 12.8 Å². The first-order chi connectivity index (χ1) is 8.22. The zero-order chi connectivity index (χ0) is 12.7. The second-order valence-corrected chi connectivity index (χ2v) is 3.45. The van der Waals surface area contributed by atoms with Crippen LogP contribution in [0.3, 0.4) is 0 Å². The van der Waals surface area contributed by atoms with Gasteiger partial charge >= 0.3 is 5.97 Å². The summed E-state index contributed by atoms with van der Waals surface area (Å²) in [7, 11) is 2.94. The molecular formula is C14H16O3. The number of hydrogen-bond acceptors (Lipinski definition) is 3. The van der Waals surface area contributed by atoms with Crippen LogP contribution in [0.15, 0.2) is 18.2 Å². The Morgan fingerprint density at radius 2 is 2.12 bits per heavy atom. The molecule has 0 aliphatic rings. The molecule has 1 rings (SSSR count). The highest BCUT2D eigenvalue weighted by Crippen LogP contribution is 2.17. The first kappa shape index (κ1) is 13.1. The Bertz CT molecular complexity index is 452. The fraction of sp³-hybridized carbons (Fsp3) is 0.357. The van der Waals surface area contributed by atoms with Gasteiger partial charge in [-0.15, -0.1) is 0 Å². The van der Waals surface area contributed by atoms with Gasteiger partial charge in [0.2, 0.25) is 0 Å². The minimum atomic E-state index is -0.381. The molecular weight excluding hydrogens is 216 g/mol. The van der Waals surface area contributed by atoms with E-state index in [2.05, 4.69) is 18.8 Å². The van der Waals surface area contributed by atoms with E-state index in [4.69, 9.17) is 9.47 Å². The molecule has 0 amide bonds. The van der Waals surface area contributed by atoms with E-state index in [1.807, 2.05) is 0 Å². The zero-order valence-electron chi connectivity index (χ0n) is 10.4. The molecule has 0 spiro atoms. The molecule has 0 saturated carbocycles. The lowest BCUT2D eigenvalue weighted by molar-refractivity contribution is 0.0600. The first-order valence-corrected chi connectivity index (χ1v) is 5.48. The number of methoxy groups -OCH3 is 2. The van der Waals surface area contributed by atoms with Crippen LogP contribution in [0.1, 0.15) is 35.7 Å². The van der Waals surface area contributed by atoms with Gasteiger partial charge < -0.3 is 9.47 Å². The Morgan fingerprint density at radius 1 is 1.35 bits per heavy atom. The monoisotopic (exact) mass is 232 g/mol. The van der Waals surface area contributed by atoms with Crippen LogP contribution >= 0.6 is 0 Å². The van der Waals surface area contributed by atoms with E-state index in [1.165, 1.54) is 7.11 Å². The van der Waals surface area contributed by atoms with Crippen molar-refractivity contribution in [1.29, 1.82) is 0 Å². The minimum Gasteiger partial charge on any atom is -0.497 e. The average Bonchev–Trinajstić information content (AvgIpc) is 2.38. The predicted octanol–water partition coefficient (Wildman–Crippen LogP) is 2.63. The SMILES string of the molecule is CCCC#Cc1cc(OC)ccc1C(=O)OC. The van der Waals surface area contributed by atoms with Crippen molar-refractivity contribution in [2.75, 3.05) is 14.2 Å². The number of unbranched alkanes of at least 4 members (excludes halogenated alkanes) is 1. The second-order valence-electron chi connectivity index (χ2n) is 3.45. The van der Waals surface area contributed by atoms with Crippen LogP contribution in [-0.2, 0) is 4.74 Å². The molecule has 0 fully saturated rings. The summed E-state index contributed by atoms with van der Waals surface area (Å²) in [6, 6.07) is 5.13. The number of ether oxygens (including phenoxy) is 2. The molecule has 0 aliphatic carbocycles. The molecule has 1 aromatic rings. The van der Waals surface area contributed by atoms with E-state index in [-0.39, 0.29) is 5.97 Å². The van der Waals surface area contributed by atoms with Gasteiger partial charge in [0.25, 0.3) is 0 Å². The Morgan fingerprint density at radius 3 is 2.71 bits per heavy atom. The van der Waals surface area contributed by atoms with E-state index in [9.17, 15) is 4.79 Å². The van der Waals surface area contributed by atoms with Crippen molar-refractivity contribution in [2.45, 2.75) is 19.8 Å². The largest absolute Gasteiger partial charge is 0.497 e. The van der Waals surface area contributed by atoms with Crippen LogP contribution in [0.4, 0.5) is 0 Å². The highest BCUT2D eigenvalue weighted by atomic mass is 16.5. The van der Waals surface area contributed by atoms with Gasteiger partial charge in [0.1, 0.15) is 5.75 Å². The number of carbonyl (C=O) groups is 1. The van der Waals surface area contributed by atoms with Gasteiger partial charge in [0, 0.05) is 12.0 Å². The fourth-order valence-electron chi connectivity index (χ4n) is 1.32. The van der Waals surface area contributed by atoms with Gasteiger partial charge in [-0.1, -0.05) is 18.8 Å².